The van der Waals surface area contributed by atoms with E-state index in [1.165, 1.54) is 65.6 Å². The summed E-state index contributed by atoms with van der Waals surface area (Å²) in [5, 5.41) is 30.6. The Morgan fingerprint density at radius 1 is 0.938 bits per heavy atom. The molecule has 8 heteroatoms. The van der Waals surface area contributed by atoms with Crippen LogP contribution < -0.4 is 4.90 Å². The monoisotopic (exact) mass is 441 g/mol. The van der Waals surface area contributed by atoms with Crippen molar-refractivity contribution in [2.45, 2.75) is 31.1 Å². The summed E-state index contributed by atoms with van der Waals surface area (Å²) in [5.74, 6) is -1.26. The smallest absolute Gasteiger partial charge is 0.415 e. The molecule has 0 aliphatic carbocycles. The van der Waals surface area contributed by atoms with E-state index in [1.54, 1.807) is 0 Å². The van der Waals surface area contributed by atoms with Crippen molar-refractivity contribution in [1.29, 1.82) is 0 Å². The number of hydrogen-bond acceptors (Lipinski definition) is 5. The van der Waals surface area contributed by atoms with Crippen LogP contribution in [0.3, 0.4) is 0 Å². The van der Waals surface area contributed by atoms with E-state index in [4.69, 9.17) is 4.74 Å². The lowest BCUT2D eigenvalue weighted by molar-refractivity contribution is 0.100. The lowest BCUT2D eigenvalue weighted by Crippen LogP contribution is -2.29. The van der Waals surface area contributed by atoms with Crippen molar-refractivity contribution in [3.05, 3.63) is 89.5 Å². The van der Waals surface area contributed by atoms with Gasteiger partial charge in [-0.15, -0.1) is 0 Å². The van der Waals surface area contributed by atoms with Gasteiger partial charge in [-0.3, -0.25) is 4.90 Å². The Hall–Kier alpha value is -3.65. The first-order chi connectivity index (χ1) is 15.3. The second kappa shape index (κ2) is 8.84. The normalized spacial score (nSPS) is 19.1. The SMILES string of the molecule is O=C1OC(CCC(O)c2ccc(F)cc2)C(c2ccc(O)cc2O)N1c1ccc(F)cc1. The number of ether oxygens (including phenoxy) is 1. The van der Waals surface area contributed by atoms with Crippen molar-refractivity contribution in [2.24, 2.45) is 0 Å². The Balaban J connectivity index is 1.63. The van der Waals surface area contributed by atoms with E-state index in [0.29, 0.717) is 16.8 Å². The van der Waals surface area contributed by atoms with E-state index in [9.17, 15) is 28.9 Å². The summed E-state index contributed by atoms with van der Waals surface area (Å²) in [7, 11) is 0. The summed E-state index contributed by atoms with van der Waals surface area (Å²) in [4.78, 5) is 14.1. The van der Waals surface area contributed by atoms with Gasteiger partial charge in [-0.25, -0.2) is 13.6 Å². The van der Waals surface area contributed by atoms with Crippen molar-refractivity contribution < 1.29 is 33.6 Å². The van der Waals surface area contributed by atoms with Gasteiger partial charge in [0.05, 0.1) is 6.10 Å². The molecule has 0 saturated carbocycles. The van der Waals surface area contributed by atoms with Crippen LogP contribution in [0.15, 0.2) is 66.7 Å². The molecule has 3 aromatic rings. The van der Waals surface area contributed by atoms with Gasteiger partial charge in [0.25, 0.3) is 0 Å². The molecular formula is C24H21F2NO5. The Morgan fingerprint density at radius 2 is 1.56 bits per heavy atom. The minimum absolute atomic E-state index is 0.145. The number of halogens is 2. The second-order valence-electron chi connectivity index (χ2n) is 7.60. The number of aliphatic hydroxyl groups excluding tert-OH is 1. The highest BCUT2D eigenvalue weighted by Crippen LogP contribution is 2.43. The first-order valence-electron chi connectivity index (χ1n) is 10.0. The van der Waals surface area contributed by atoms with Gasteiger partial charge >= 0.3 is 6.09 Å². The van der Waals surface area contributed by atoms with Crippen LogP contribution in [0.2, 0.25) is 0 Å². The predicted molar refractivity (Wildman–Crippen MR) is 112 cm³/mol. The van der Waals surface area contributed by atoms with Crippen molar-refractivity contribution in [3.8, 4) is 11.5 Å². The average Bonchev–Trinajstić information content (AvgIpc) is 3.09. The lowest BCUT2D eigenvalue weighted by atomic mass is 9.94. The summed E-state index contributed by atoms with van der Waals surface area (Å²) in [6.07, 6.45) is -1.92. The van der Waals surface area contributed by atoms with Gasteiger partial charge in [0.15, 0.2) is 0 Å². The van der Waals surface area contributed by atoms with Crippen molar-refractivity contribution >= 4 is 11.8 Å². The van der Waals surface area contributed by atoms with Gasteiger partial charge < -0.3 is 20.1 Å². The number of aromatic hydroxyl groups is 2. The molecule has 32 heavy (non-hydrogen) atoms. The van der Waals surface area contributed by atoms with Gasteiger partial charge in [-0.1, -0.05) is 12.1 Å². The number of phenols is 2. The summed E-state index contributed by atoms with van der Waals surface area (Å²) in [5.41, 5.74) is 1.23. The highest BCUT2D eigenvalue weighted by atomic mass is 19.1. The van der Waals surface area contributed by atoms with Gasteiger partial charge in [-0.2, -0.15) is 0 Å². The van der Waals surface area contributed by atoms with Crippen molar-refractivity contribution in [2.75, 3.05) is 4.90 Å². The zero-order chi connectivity index (χ0) is 22.8. The van der Waals surface area contributed by atoms with Crippen molar-refractivity contribution in [3.63, 3.8) is 0 Å². The number of hydrogen-bond donors (Lipinski definition) is 3. The Kier molecular flexibility index (Phi) is 5.96. The summed E-state index contributed by atoms with van der Waals surface area (Å²) < 4.78 is 32.1. The topological polar surface area (TPSA) is 90.2 Å². The van der Waals surface area contributed by atoms with Crippen LogP contribution in [-0.2, 0) is 4.74 Å². The maximum absolute atomic E-state index is 13.4. The van der Waals surface area contributed by atoms with Gasteiger partial charge in [0.1, 0.15) is 35.3 Å². The fourth-order valence-corrected chi connectivity index (χ4v) is 3.91. The van der Waals surface area contributed by atoms with E-state index in [1.807, 2.05) is 0 Å². The summed E-state index contributed by atoms with van der Waals surface area (Å²) in [6, 6.07) is 14.0. The molecule has 1 aliphatic heterocycles. The van der Waals surface area contributed by atoms with E-state index >= 15 is 0 Å². The maximum Gasteiger partial charge on any atom is 0.415 e. The molecule has 6 nitrogen and oxygen atoms in total. The molecule has 3 atom stereocenters. The average molecular weight is 441 g/mol. The third kappa shape index (κ3) is 4.36. The zero-order valence-corrected chi connectivity index (χ0v) is 16.9. The van der Waals surface area contributed by atoms with Crippen LogP contribution in [0.5, 0.6) is 11.5 Å². The maximum atomic E-state index is 13.4. The van der Waals surface area contributed by atoms with Gasteiger partial charge in [0, 0.05) is 17.3 Å². The van der Waals surface area contributed by atoms with E-state index in [-0.39, 0.29) is 24.3 Å². The summed E-state index contributed by atoms with van der Waals surface area (Å²) >= 11 is 0. The van der Waals surface area contributed by atoms with Crippen LogP contribution in [0.4, 0.5) is 19.3 Å². The molecule has 4 rings (SSSR count). The highest BCUT2D eigenvalue weighted by Gasteiger charge is 2.44. The number of benzene rings is 3. The summed E-state index contributed by atoms with van der Waals surface area (Å²) in [6.45, 7) is 0. The number of amides is 1. The van der Waals surface area contributed by atoms with Crippen LogP contribution >= 0.6 is 0 Å². The number of phenolic OH excluding ortho intramolecular Hbond substituents is 2. The molecule has 3 unspecified atom stereocenters. The molecule has 0 spiro atoms. The van der Waals surface area contributed by atoms with E-state index < -0.39 is 36.0 Å². The minimum atomic E-state index is -0.914. The fourth-order valence-electron chi connectivity index (χ4n) is 3.91. The third-order valence-electron chi connectivity index (χ3n) is 5.50. The molecule has 0 aromatic heterocycles. The van der Waals surface area contributed by atoms with Gasteiger partial charge in [-0.05, 0) is 66.9 Å². The fraction of sp³-hybridized carbons (Fsp3) is 0.208. The number of carbonyl (C=O) groups is 1. The van der Waals surface area contributed by atoms with Crippen molar-refractivity contribution in [1.82, 2.24) is 0 Å². The number of carbonyl (C=O) groups excluding carboxylic acids is 1. The molecule has 3 aromatic carbocycles. The zero-order valence-electron chi connectivity index (χ0n) is 16.9. The van der Waals surface area contributed by atoms with E-state index in [2.05, 4.69) is 0 Å². The second-order valence-corrected chi connectivity index (χ2v) is 7.60. The molecule has 166 valence electrons. The largest absolute Gasteiger partial charge is 0.508 e. The van der Waals surface area contributed by atoms with Crippen LogP contribution in [0.1, 0.15) is 36.1 Å². The molecule has 1 heterocycles. The molecule has 0 bridgehead atoms. The number of rotatable bonds is 6. The van der Waals surface area contributed by atoms with E-state index in [0.717, 1.165) is 6.07 Å². The quantitative estimate of drug-likeness (QED) is 0.503. The molecule has 1 aliphatic rings. The number of cyclic esters (lactones) is 1. The Labute approximate surface area is 182 Å². The molecule has 1 saturated heterocycles. The first-order valence-corrected chi connectivity index (χ1v) is 10.0. The Bertz CT molecular complexity index is 1100. The minimum Gasteiger partial charge on any atom is -0.508 e. The lowest BCUT2D eigenvalue weighted by Gasteiger charge is -2.26. The van der Waals surface area contributed by atoms with Crippen LogP contribution in [0, 0.1) is 11.6 Å². The number of aliphatic hydroxyl groups is 1. The molecule has 3 N–H and O–H groups in total. The number of nitrogens with zero attached hydrogens (tertiary/aromatic N) is 1. The van der Waals surface area contributed by atoms with Crippen LogP contribution in [-0.4, -0.2) is 27.5 Å². The number of anilines is 1. The van der Waals surface area contributed by atoms with Crippen LogP contribution in [0.25, 0.3) is 0 Å². The Morgan fingerprint density at radius 3 is 2.19 bits per heavy atom. The molecule has 1 amide bonds. The molecular weight excluding hydrogens is 420 g/mol. The predicted octanol–water partition coefficient (Wildman–Crippen LogP) is 4.96. The standard InChI is InChI=1S/C24H21F2NO5/c25-15-3-1-14(2-4-15)20(29)11-12-22-23(19-10-9-18(28)13-21(19)30)27(24(31)32-22)17-7-5-16(26)6-8-17/h1-10,13,20,22-23,28-30H,11-12H2. The highest BCUT2D eigenvalue weighted by molar-refractivity contribution is 5.91. The molecule has 0 radical (unpaired) electrons. The van der Waals surface area contributed by atoms with Gasteiger partial charge in [0.2, 0.25) is 0 Å². The third-order valence-corrected chi connectivity index (χ3v) is 5.50. The molecule has 1 fully saturated rings. The first kappa shape index (κ1) is 21.6.